The molecule has 0 aromatic heterocycles. The van der Waals surface area contributed by atoms with E-state index in [9.17, 15) is 4.79 Å². The topological polar surface area (TPSA) is 52.3 Å². The lowest BCUT2D eigenvalue weighted by atomic mass is 10.5. The molecule has 66 valence electrons. The molecular weight excluding hydrogens is 144 g/mol. The second-order valence-electron chi connectivity index (χ2n) is 2.59. The Morgan fingerprint density at radius 3 is 2.36 bits per heavy atom. The number of carbonyl (C=O) groups is 1. The average molecular weight is 161 g/mol. The van der Waals surface area contributed by atoms with E-state index >= 15 is 0 Å². The van der Waals surface area contributed by atoms with E-state index in [1.165, 1.54) is 0 Å². The molecule has 0 aliphatic rings. The smallest absolute Gasteiger partial charge is 0.316 e. The van der Waals surface area contributed by atoms with E-state index < -0.39 is 6.03 Å². The van der Waals surface area contributed by atoms with Crippen LogP contribution in [-0.4, -0.2) is 30.9 Å². The molecule has 0 saturated heterocycles. The number of hydrogen-bond donors (Lipinski definition) is 1. The van der Waals surface area contributed by atoms with Crippen molar-refractivity contribution in [2.45, 2.75) is 20.3 Å². The molecule has 0 aromatic rings. The van der Waals surface area contributed by atoms with E-state index in [2.05, 4.69) is 0 Å². The Labute approximate surface area is 67.5 Å². The van der Waals surface area contributed by atoms with Crippen LogP contribution in [0.1, 0.15) is 20.3 Å². The molecule has 0 bridgehead atoms. The van der Waals surface area contributed by atoms with Crippen LogP contribution in [0.25, 0.3) is 0 Å². The summed E-state index contributed by atoms with van der Waals surface area (Å²) >= 11 is 0. The standard InChI is InChI=1S/C7H16N2O2/c1-4-6-11-9(3,5-2)7(8)10/h4-6H2,1-3H3,(H-,8,10)/p+1. The van der Waals surface area contributed by atoms with Crippen LogP contribution in [-0.2, 0) is 4.84 Å². The van der Waals surface area contributed by atoms with E-state index in [-0.39, 0.29) is 4.65 Å². The lowest BCUT2D eigenvalue weighted by Crippen LogP contribution is -2.52. The second-order valence-corrected chi connectivity index (χ2v) is 2.59. The van der Waals surface area contributed by atoms with E-state index in [1.807, 2.05) is 13.8 Å². The number of urea groups is 1. The molecule has 0 fully saturated rings. The van der Waals surface area contributed by atoms with Gasteiger partial charge in [-0.25, -0.2) is 4.79 Å². The van der Waals surface area contributed by atoms with Crippen LogP contribution >= 0.6 is 0 Å². The van der Waals surface area contributed by atoms with Crippen molar-refractivity contribution in [2.24, 2.45) is 5.73 Å². The fourth-order valence-electron chi connectivity index (χ4n) is 0.604. The number of quaternary nitrogens is 1. The lowest BCUT2D eigenvalue weighted by Gasteiger charge is -2.24. The maximum atomic E-state index is 10.8. The number of nitrogens with zero attached hydrogens (tertiary/aromatic N) is 1. The third-order valence-corrected chi connectivity index (χ3v) is 1.65. The molecule has 2 amide bonds. The third-order valence-electron chi connectivity index (χ3n) is 1.65. The molecular formula is C7H17N2O2+. The van der Waals surface area contributed by atoms with E-state index in [0.29, 0.717) is 13.2 Å². The van der Waals surface area contributed by atoms with Gasteiger partial charge < -0.3 is 5.73 Å². The van der Waals surface area contributed by atoms with Crippen LogP contribution in [0.2, 0.25) is 0 Å². The highest BCUT2D eigenvalue weighted by atomic mass is 16.7. The minimum atomic E-state index is -0.444. The summed E-state index contributed by atoms with van der Waals surface area (Å²) in [4.78, 5) is 16.1. The number of hydroxylamine groups is 3. The van der Waals surface area contributed by atoms with E-state index in [1.54, 1.807) is 7.05 Å². The zero-order valence-corrected chi connectivity index (χ0v) is 7.46. The Morgan fingerprint density at radius 1 is 1.55 bits per heavy atom. The maximum Gasteiger partial charge on any atom is 0.446 e. The molecule has 0 radical (unpaired) electrons. The van der Waals surface area contributed by atoms with Crippen LogP contribution in [0.3, 0.4) is 0 Å². The van der Waals surface area contributed by atoms with Crippen LogP contribution in [0.15, 0.2) is 0 Å². The summed E-state index contributed by atoms with van der Waals surface area (Å²) in [5.41, 5.74) is 5.13. The first-order chi connectivity index (χ1) is 5.06. The number of amides is 2. The Kier molecular flexibility index (Phi) is 4.07. The van der Waals surface area contributed by atoms with Crippen molar-refractivity contribution in [3.8, 4) is 0 Å². The Bertz CT molecular complexity index is 138. The summed E-state index contributed by atoms with van der Waals surface area (Å²) in [6, 6.07) is -0.444. The van der Waals surface area contributed by atoms with Crippen LogP contribution in [0, 0.1) is 0 Å². The number of carbonyl (C=O) groups excluding carboxylic acids is 1. The molecule has 0 aromatic carbocycles. The van der Waals surface area contributed by atoms with Gasteiger partial charge in [0.15, 0.2) is 0 Å². The first kappa shape index (κ1) is 10.4. The zero-order chi connectivity index (χ0) is 8.91. The Hall–Kier alpha value is -0.610. The Morgan fingerprint density at radius 2 is 2.09 bits per heavy atom. The number of hydrogen-bond acceptors (Lipinski definition) is 2. The van der Waals surface area contributed by atoms with Crippen molar-refractivity contribution in [1.29, 1.82) is 0 Å². The minimum Gasteiger partial charge on any atom is -0.316 e. The van der Waals surface area contributed by atoms with Gasteiger partial charge in [0.05, 0.1) is 0 Å². The predicted molar refractivity (Wildman–Crippen MR) is 42.6 cm³/mol. The third kappa shape index (κ3) is 2.86. The summed E-state index contributed by atoms with van der Waals surface area (Å²) in [5.74, 6) is 0. The van der Waals surface area contributed by atoms with Gasteiger partial charge in [-0.05, 0) is 13.3 Å². The highest BCUT2D eigenvalue weighted by Crippen LogP contribution is 2.03. The summed E-state index contributed by atoms with van der Waals surface area (Å²) in [5, 5.41) is 0. The van der Waals surface area contributed by atoms with Crippen LogP contribution in [0.4, 0.5) is 4.79 Å². The first-order valence-corrected chi connectivity index (χ1v) is 3.87. The highest BCUT2D eigenvalue weighted by Gasteiger charge is 2.28. The van der Waals surface area contributed by atoms with Crippen molar-refractivity contribution in [3.63, 3.8) is 0 Å². The Balaban J connectivity index is 3.99. The van der Waals surface area contributed by atoms with Gasteiger partial charge >= 0.3 is 6.03 Å². The van der Waals surface area contributed by atoms with Gasteiger partial charge in [0.25, 0.3) is 0 Å². The molecule has 0 aliphatic carbocycles. The first-order valence-electron chi connectivity index (χ1n) is 3.87. The SMILES string of the molecule is CCCO[N+](C)(CC)C(N)=O. The molecule has 11 heavy (non-hydrogen) atoms. The maximum absolute atomic E-state index is 10.8. The quantitative estimate of drug-likeness (QED) is 0.491. The molecule has 2 N–H and O–H groups in total. The molecule has 4 heteroatoms. The molecule has 0 saturated carbocycles. The van der Waals surface area contributed by atoms with Crippen molar-refractivity contribution in [2.75, 3.05) is 20.2 Å². The molecule has 1 atom stereocenters. The van der Waals surface area contributed by atoms with E-state index in [4.69, 9.17) is 10.6 Å². The van der Waals surface area contributed by atoms with Crippen molar-refractivity contribution < 1.29 is 14.3 Å². The van der Waals surface area contributed by atoms with Gasteiger partial charge in [0.1, 0.15) is 20.2 Å². The van der Waals surface area contributed by atoms with Crippen molar-refractivity contribution >= 4 is 6.03 Å². The fraction of sp³-hybridized carbons (Fsp3) is 0.857. The normalized spacial score (nSPS) is 15.9. The van der Waals surface area contributed by atoms with E-state index in [0.717, 1.165) is 6.42 Å². The highest BCUT2D eigenvalue weighted by molar-refractivity contribution is 5.63. The number of primary amides is 1. The largest absolute Gasteiger partial charge is 0.446 e. The van der Waals surface area contributed by atoms with Gasteiger partial charge in [-0.3, -0.25) is 0 Å². The van der Waals surface area contributed by atoms with Gasteiger partial charge in [-0.15, -0.1) is 4.65 Å². The minimum absolute atomic E-state index is 0.131. The predicted octanol–water partition coefficient (Wildman–Crippen LogP) is 0.873. The summed E-state index contributed by atoms with van der Waals surface area (Å²) < 4.78 is -0.131. The summed E-state index contributed by atoms with van der Waals surface area (Å²) in [7, 11) is 1.66. The average Bonchev–Trinajstić information content (AvgIpc) is 2.00. The van der Waals surface area contributed by atoms with Crippen molar-refractivity contribution in [1.82, 2.24) is 0 Å². The van der Waals surface area contributed by atoms with Gasteiger partial charge in [0.2, 0.25) is 0 Å². The number of rotatable bonds is 4. The van der Waals surface area contributed by atoms with Crippen molar-refractivity contribution in [3.05, 3.63) is 0 Å². The molecule has 0 spiro atoms. The zero-order valence-electron chi connectivity index (χ0n) is 7.46. The summed E-state index contributed by atoms with van der Waals surface area (Å²) in [6.45, 7) is 4.98. The summed E-state index contributed by atoms with van der Waals surface area (Å²) in [6.07, 6.45) is 0.890. The van der Waals surface area contributed by atoms with Gasteiger partial charge in [0, 0.05) is 0 Å². The number of nitrogens with two attached hydrogens (primary N) is 1. The molecule has 1 unspecified atom stereocenters. The van der Waals surface area contributed by atoms with Crippen LogP contribution in [0.5, 0.6) is 0 Å². The fourth-order valence-corrected chi connectivity index (χ4v) is 0.604. The lowest BCUT2D eigenvalue weighted by molar-refractivity contribution is -1.02. The molecule has 0 aliphatic heterocycles. The van der Waals surface area contributed by atoms with Gasteiger partial charge in [-0.1, -0.05) is 6.92 Å². The van der Waals surface area contributed by atoms with Gasteiger partial charge in [-0.2, -0.15) is 4.84 Å². The van der Waals surface area contributed by atoms with Crippen LogP contribution < -0.4 is 5.73 Å². The molecule has 4 nitrogen and oxygen atoms in total. The molecule has 0 heterocycles. The second kappa shape index (κ2) is 4.31. The monoisotopic (exact) mass is 161 g/mol. The molecule has 0 rings (SSSR count).